The molecule has 1 atom stereocenters. The maximum atomic E-state index is 13.0. The van der Waals surface area contributed by atoms with E-state index in [9.17, 15) is 14.7 Å². The van der Waals surface area contributed by atoms with E-state index in [1.54, 1.807) is 19.2 Å². The van der Waals surface area contributed by atoms with Gasteiger partial charge in [-0.3, -0.25) is 9.36 Å². The number of carbonyl (C=O) groups is 1. The fraction of sp³-hybridized carbons (Fsp3) is 0.458. The van der Waals surface area contributed by atoms with Crippen LogP contribution in [0.2, 0.25) is 0 Å². The van der Waals surface area contributed by atoms with Crippen LogP contribution in [0.1, 0.15) is 28.8 Å². The molecule has 0 saturated carbocycles. The molecule has 0 radical (unpaired) electrons. The zero-order valence-electron chi connectivity index (χ0n) is 19.7. The minimum atomic E-state index is -0.556. The van der Waals surface area contributed by atoms with E-state index in [-0.39, 0.29) is 42.8 Å². The summed E-state index contributed by atoms with van der Waals surface area (Å²) in [7, 11) is 1.58. The van der Waals surface area contributed by atoms with Crippen LogP contribution in [0, 0.1) is 13.5 Å². The lowest BCUT2D eigenvalue weighted by Gasteiger charge is -2.16. The summed E-state index contributed by atoms with van der Waals surface area (Å²) in [5.74, 6) is -0.902. The number of benzene rings is 1. The molecule has 11 nitrogen and oxygen atoms in total. The summed E-state index contributed by atoms with van der Waals surface area (Å²) in [6.07, 6.45) is 1.42. The molecule has 1 aromatic heterocycles. The number of aromatic nitrogens is 1. The Morgan fingerprint density at radius 1 is 1.23 bits per heavy atom. The molecule has 3 rings (SSSR count). The molecule has 11 heteroatoms. The van der Waals surface area contributed by atoms with Gasteiger partial charge in [-0.25, -0.2) is 9.64 Å². The summed E-state index contributed by atoms with van der Waals surface area (Å²) in [4.78, 5) is 28.5. The van der Waals surface area contributed by atoms with E-state index >= 15 is 0 Å². The summed E-state index contributed by atoms with van der Waals surface area (Å²) in [5, 5.41) is 18.6. The Labute approximate surface area is 202 Å². The van der Waals surface area contributed by atoms with Gasteiger partial charge in [0.1, 0.15) is 12.3 Å². The molecule has 1 aromatic carbocycles. The van der Waals surface area contributed by atoms with Crippen LogP contribution >= 0.6 is 0 Å². The number of aromatic hydroxyl groups is 1. The molecule has 1 saturated heterocycles. The SMILES string of the molecule is [C-]#[N+]c1c(C)c(N=Nc2ccc(C(=O)OCCOCCOC)cc2)c(=O)n(CC2CCCO2)c1O. The summed E-state index contributed by atoms with van der Waals surface area (Å²) in [6, 6.07) is 6.19. The van der Waals surface area contributed by atoms with Crippen LogP contribution in [0.3, 0.4) is 0 Å². The molecule has 1 aliphatic heterocycles. The third-order valence-corrected chi connectivity index (χ3v) is 5.41. The second-order valence-corrected chi connectivity index (χ2v) is 7.80. The van der Waals surface area contributed by atoms with Crippen molar-refractivity contribution < 1.29 is 28.8 Å². The number of azo groups is 1. The Kier molecular flexibility index (Phi) is 9.48. The first-order chi connectivity index (χ1) is 17.0. The predicted molar refractivity (Wildman–Crippen MR) is 126 cm³/mol. The Morgan fingerprint density at radius 3 is 2.63 bits per heavy atom. The van der Waals surface area contributed by atoms with Crippen LogP contribution in [0.25, 0.3) is 4.85 Å². The predicted octanol–water partition coefficient (Wildman–Crippen LogP) is 3.83. The van der Waals surface area contributed by atoms with E-state index in [1.807, 2.05) is 0 Å². The second kappa shape index (κ2) is 12.8. The van der Waals surface area contributed by atoms with Crippen LogP contribution in [0.4, 0.5) is 17.1 Å². The van der Waals surface area contributed by atoms with Gasteiger partial charge in [-0.2, -0.15) is 5.11 Å². The lowest BCUT2D eigenvalue weighted by molar-refractivity contribution is 0.0214. The number of esters is 1. The van der Waals surface area contributed by atoms with Gasteiger partial charge in [0, 0.05) is 13.7 Å². The van der Waals surface area contributed by atoms with E-state index in [0.717, 1.165) is 17.4 Å². The smallest absolute Gasteiger partial charge is 0.338 e. The van der Waals surface area contributed by atoms with Crippen LogP contribution in [-0.4, -0.2) is 61.9 Å². The van der Waals surface area contributed by atoms with Crippen molar-refractivity contribution in [1.82, 2.24) is 4.57 Å². The molecule has 1 fully saturated rings. The largest absolute Gasteiger partial charge is 0.503 e. The Bertz CT molecular complexity index is 1150. The van der Waals surface area contributed by atoms with Gasteiger partial charge >= 0.3 is 5.97 Å². The maximum Gasteiger partial charge on any atom is 0.338 e. The highest BCUT2D eigenvalue weighted by atomic mass is 16.6. The molecule has 2 heterocycles. The van der Waals surface area contributed by atoms with Gasteiger partial charge in [-0.1, -0.05) is 0 Å². The zero-order valence-corrected chi connectivity index (χ0v) is 19.7. The maximum absolute atomic E-state index is 13.0. The monoisotopic (exact) mass is 484 g/mol. The van der Waals surface area contributed by atoms with Gasteiger partial charge in [-0.05, 0) is 49.6 Å². The molecule has 0 bridgehead atoms. The van der Waals surface area contributed by atoms with E-state index in [1.165, 1.54) is 19.1 Å². The van der Waals surface area contributed by atoms with Crippen LogP contribution in [-0.2, 0) is 25.5 Å². The van der Waals surface area contributed by atoms with Crippen molar-refractivity contribution >= 4 is 23.0 Å². The summed E-state index contributed by atoms with van der Waals surface area (Å²) in [6.45, 7) is 11.0. The van der Waals surface area contributed by atoms with Gasteiger partial charge in [0.25, 0.3) is 5.56 Å². The number of hydrogen-bond acceptors (Lipinski definition) is 9. The van der Waals surface area contributed by atoms with Gasteiger partial charge in [-0.15, -0.1) is 5.11 Å². The molecular weight excluding hydrogens is 456 g/mol. The molecule has 1 N–H and O–H groups in total. The average Bonchev–Trinajstić information content (AvgIpc) is 3.38. The Morgan fingerprint density at radius 2 is 1.97 bits per heavy atom. The quantitative estimate of drug-likeness (QED) is 0.222. The lowest BCUT2D eigenvalue weighted by Crippen LogP contribution is -2.26. The fourth-order valence-corrected chi connectivity index (χ4v) is 3.50. The van der Waals surface area contributed by atoms with Gasteiger partial charge in [0.15, 0.2) is 5.88 Å². The van der Waals surface area contributed by atoms with Crippen LogP contribution in [0.15, 0.2) is 39.3 Å². The molecule has 1 unspecified atom stereocenters. The lowest BCUT2D eigenvalue weighted by atomic mass is 10.2. The molecule has 0 amide bonds. The van der Waals surface area contributed by atoms with Crippen LogP contribution < -0.4 is 5.56 Å². The van der Waals surface area contributed by atoms with E-state index in [2.05, 4.69) is 15.1 Å². The highest BCUT2D eigenvalue weighted by Gasteiger charge is 2.23. The molecule has 0 aliphatic carbocycles. The van der Waals surface area contributed by atoms with Crippen molar-refractivity contribution in [3.63, 3.8) is 0 Å². The van der Waals surface area contributed by atoms with Crippen molar-refractivity contribution in [1.29, 1.82) is 0 Å². The summed E-state index contributed by atoms with van der Waals surface area (Å²) in [5.41, 5.74) is 0.314. The first kappa shape index (κ1) is 26.0. The minimum absolute atomic E-state index is 0.0382. The van der Waals surface area contributed by atoms with Crippen molar-refractivity contribution in [3.05, 3.63) is 57.2 Å². The van der Waals surface area contributed by atoms with E-state index in [0.29, 0.717) is 31.1 Å². The van der Waals surface area contributed by atoms with E-state index < -0.39 is 17.4 Å². The van der Waals surface area contributed by atoms with E-state index in [4.69, 9.17) is 25.5 Å². The summed E-state index contributed by atoms with van der Waals surface area (Å²) < 4.78 is 21.9. The third-order valence-electron chi connectivity index (χ3n) is 5.41. The summed E-state index contributed by atoms with van der Waals surface area (Å²) >= 11 is 0. The van der Waals surface area contributed by atoms with Crippen molar-refractivity contribution in [2.45, 2.75) is 32.4 Å². The second-order valence-electron chi connectivity index (χ2n) is 7.80. The molecule has 35 heavy (non-hydrogen) atoms. The van der Waals surface area contributed by atoms with Gasteiger partial charge in [0.05, 0.1) is 50.3 Å². The number of ether oxygens (including phenoxy) is 4. The first-order valence-electron chi connectivity index (χ1n) is 11.2. The Hall–Kier alpha value is -3.59. The van der Waals surface area contributed by atoms with Gasteiger partial charge < -0.3 is 24.1 Å². The minimum Gasteiger partial charge on any atom is -0.503 e. The number of methoxy groups -OCH3 is 1. The number of hydrogen-bond donors (Lipinski definition) is 1. The number of rotatable bonds is 11. The molecule has 0 spiro atoms. The van der Waals surface area contributed by atoms with Crippen molar-refractivity contribution in [3.8, 4) is 5.88 Å². The first-order valence-corrected chi connectivity index (χ1v) is 11.2. The van der Waals surface area contributed by atoms with Gasteiger partial charge in [0.2, 0.25) is 5.69 Å². The topological polar surface area (TPSA) is 125 Å². The third kappa shape index (κ3) is 6.73. The van der Waals surface area contributed by atoms with Crippen molar-refractivity contribution in [2.75, 3.05) is 40.1 Å². The van der Waals surface area contributed by atoms with Crippen LogP contribution in [0.5, 0.6) is 5.88 Å². The number of pyridine rings is 1. The zero-order chi connectivity index (χ0) is 25.2. The van der Waals surface area contributed by atoms with Crippen molar-refractivity contribution in [2.24, 2.45) is 10.2 Å². The molecule has 2 aromatic rings. The molecular formula is C24H28N4O7. The number of nitrogens with zero attached hydrogens (tertiary/aromatic N) is 4. The molecule has 186 valence electrons. The molecule has 1 aliphatic rings. The highest BCUT2D eigenvalue weighted by molar-refractivity contribution is 5.89. The number of carbonyl (C=O) groups excluding carboxylic acids is 1. The Balaban J connectivity index is 1.71. The average molecular weight is 485 g/mol. The fourth-order valence-electron chi connectivity index (χ4n) is 3.50. The standard InChI is InChI=1S/C24H28N4O7/c1-16-20(25-2)22(29)28(15-19-5-4-10-34-19)23(30)21(16)27-26-18-8-6-17(7-9-18)24(31)35-14-13-33-12-11-32-3/h6-9,19,29H,4-5,10-15H2,1,3H3. The highest BCUT2D eigenvalue weighted by Crippen LogP contribution is 2.35. The normalized spacial score (nSPS) is 15.4.